The first-order valence-electron chi connectivity index (χ1n) is 9.30. The topological polar surface area (TPSA) is 49.4 Å². The van der Waals surface area contributed by atoms with Crippen LogP contribution >= 0.6 is 15.9 Å². The van der Waals surface area contributed by atoms with Crippen LogP contribution in [0.15, 0.2) is 64.3 Å². The number of nitrogens with zero attached hydrogens (tertiary/aromatic N) is 1. The third kappa shape index (κ3) is 3.21. The van der Waals surface area contributed by atoms with E-state index in [4.69, 9.17) is 0 Å². The SMILES string of the molecule is CCC(=O)N1c2ccccc2NC2=C(C(=O)CCC2)[C@@H]1c1cccc(Br)c1. The lowest BCUT2D eigenvalue weighted by atomic mass is 9.85. The smallest absolute Gasteiger partial charge is 0.227 e. The third-order valence-electron chi connectivity index (χ3n) is 5.17. The van der Waals surface area contributed by atoms with Gasteiger partial charge in [-0.15, -0.1) is 0 Å². The zero-order valence-corrected chi connectivity index (χ0v) is 16.8. The number of carbonyl (C=O) groups excluding carboxylic acids is 2. The van der Waals surface area contributed by atoms with Gasteiger partial charge >= 0.3 is 0 Å². The second kappa shape index (κ2) is 7.31. The maximum absolute atomic E-state index is 13.1. The van der Waals surface area contributed by atoms with Gasteiger partial charge in [0.25, 0.3) is 0 Å². The minimum atomic E-state index is -0.422. The van der Waals surface area contributed by atoms with Gasteiger partial charge in [-0.3, -0.25) is 14.5 Å². The van der Waals surface area contributed by atoms with Gasteiger partial charge in [-0.1, -0.05) is 47.1 Å². The molecule has 0 saturated carbocycles. The predicted molar refractivity (Wildman–Crippen MR) is 111 cm³/mol. The maximum atomic E-state index is 13.1. The highest BCUT2D eigenvalue weighted by atomic mass is 79.9. The third-order valence-corrected chi connectivity index (χ3v) is 5.67. The Labute approximate surface area is 167 Å². The van der Waals surface area contributed by atoms with Gasteiger partial charge in [0.15, 0.2) is 5.78 Å². The molecular formula is C22H21BrN2O2. The van der Waals surface area contributed by atoms with Crippen molar-refractivity contribution in [2.24, 2.45) is 0 Å². The van der Waals surface area contributed by atoms with E-state index in [0.717, 1.165) is 45.5 Å². The highest BCUT2D eigenvalue weighted by Crippen LogP contribution is 2.45. The Morgan fingerprint density at radius 3 is 2.78 bits per heavy atom. The van der Waals surface area contributed by atoms with Crippen molar-refractivity contribution in [2.75, 3.05) is 10.2 Å². The summed E-state index contributed by atoms with van der Waals surface area (Å²) in [5, 5.41) is 3.47. The highest BCUT2D eigenvalue weighted by molar-refractivity contribution is 9.10. The number of hydrogen-bond acceptors (Lipinski definition) is 3. The first-order valence-corrected chi connectivity index (χ1v) is 10.1. The van der Waals surface area contributed by atoms with Crippen molar-refractivity contribution in [1.29, 1.82) is 0 Å². The van der Waals surface area contributed by atoms with Crippen LogP contribution in [0.1, 0.15) is 44.2 Å². The van der Waals surface area contributed by atoms with E-state index < -0.39 is 6.04 Å². The molecular weight excluding hydrogens is 404 g/mol. The van der Waals surface area contributed by atoms with Crippen molar-refractivity contribution >= 4 is 39.0 Å². The number of benzene rings is 2. The molecule has 4 nitrogen and oxygen atoms in total. The molecule has 2 aromatic carbocycles. The number of carbonyl (C=O) groups is 2. The van der Waals surface area contributed by atoms with Gasteiger partial charge in [0.05, 0.1) is 17.4 Å². The zero-order valence-electron chi connectivity index (χ0n) is 15.2. The minimum Gasteiger partial charge on any atom is -0.357 e. The zero-order chi connectivity index (χ0) is 19.0. The Kier molecular flexibility index (Phi) is 4.87. The Morgan fingerprint density at radius 2 is 2.00 bits per heavy atom. The number of fused-ring (bicyclic) bond motifs is 1. The van der Waals surface area contributed by atoms with Crippen molar-refractivity contribution in [1.82, 2.24) is 0 Å². The van der Waals surface area contributed by atoms with E-state index in [0.29, 0.717) is 12.8 Å². The van der Waals surface area contributed by atoms with Crippen LogP contribution in [0, 0.1) is 0 Å². The molecule has 1 amide bonds. The van der Waals surface area contributed by atoms with Crippen LogP contribution in [0.2, 0.25) is 0 Å². The summed E-state index contributed by atoms with van der Waals surface area (Å²) < 4.78 is 0.930. The fraction of sp³-hybridized carbons (Fsp3) is 0.273. The molecule has 0 fully saturated rings. The molecule has 1 atom stereocenters. The van der Waals surface area contributed by atoms with Crippen LogP contribution in [0.4, 0.5) is 11.4 Å². The van der Waals surface area contributed by atoms with E-state index >= 15 is 0 Å². The lowest BCUT2D eigenvalue weighted by molar-refractivity contribution is -0.118. The molecule has 1 N–H and O–H groups in total. The summed E-state index contributed by atoms with van der Waals surface area (Å²) in [4.78, 5) is 27.9. The Bertz CT molecular complexity index is 951. The average molecular weight is 425 g/mol. The molecule has 27 heavy (non-hydrogen) atoms. The van der Waals surface area contributed by atoms with Gasteiger partial charge in [0.2, 0.25) is 5.91 Å². The van der Waals surface area contributed by atoms with Gasteiger partial charge < -0.3 is 5.32 Å². The number of nitrogens with one attached hydrogen (secondary N) is 1. The molecule has 4 rings (SSSR count). The second-order valence-electron chi connectivity index (χ2n) is 6.89. The summed E-state index contributed by atoms with van der Waals surface area (Å²) in [5.41, 5.74) is 4.29. The standard InChI is InChI=1S/C22H21BrN2O2/c1-2-20(27)25-18-11-4-3-9-16(18)24-17-10-6-12-19(26)21(17)22(25)14-7-5-8-15(23)13-14/h3-5,7-9,11,13,22,24H,2,6,10,12H2,1H3/t22-/m0/s1. The summed E-state index contributed by atoms with van der Waals surface area (Å²) in [6, 6.07) is 15.3. The van der Waals surface area contributed by atoms with Crippen LogP contribution < -0.4 is 10.2 Å². The summed E-state index contributed by atoms with van der Waals surface area (Å²) >= 11 is 3.54. The Hall–Kier alpha value is -2.40. The summed E-state index contributed by atoms with van der Waals surface area (Å²) in [7, 11) is 0. The molecule has 0 unspecified atom stereocenters. The van der Waals surface area contributed by atoms with E-state index in [1.54, 1.807) is 4.90 Å². The fourth-order valence-corrected chi connectivity index (χ4v) is 4.39. The quantitative estimate of drug-likeness (QED) is 0.704. The maximum Gasteiger partial charge on any atom is 0.227 e. The van der Waals surface area contributed by atoms with Crippen molar-refractivity contribution in [2.45, 2.75) is 38.6 Å². The van der Waals surface area contributed by atoms with Gasteiger partial charge in [0, 0.05) is 28.6 Å². The largest absolute Gasteiger partial charge is 0.357 e. The summed E-state index contributed by atoms with van der Waals surface area (Å²) in [5.74, 6) is 0.122. The second-order valence-corrected chi connectivity index (χ2v) is 7.80. The van der Waals surface area contributed by atoms with Crippen molar-refractivity contribution < 1.29 is 9.59 Å². The van der Waals surface area contributed by atoms with Gasteiger partial charge in [-0.2, -0.15) is 0 Å². The van der Waals surface area contributed by atoms with E-state index in [-0.39, 0.29) is 11.7 Å². The van der Waals surface area contributed by atoms with E-state index in [1.807, 2.05) is 55.5 Å². The molecule has 0 saturated heterocycles. The van der Waals surface area contributed by atoms with Gasteiger partial charge in [-0.25, -0.2) is 0 Å². The molecule has 1 aliphatic heterocycles. The number of Topliss-reactive ketones (excluding diaryl/α,β-unsaturated/α-hetero) is 1. The number of anilines is 2. The molecule has 1 aliphatic carbocycles. The number of amides is 1. The Balaban J connectivity index is 2.01. The number of rotatable bonds is 2. The van der Waals surface area contributed by atoms with Crippen molar-refractivity contribution in [3.63, 3.8) is 0 Å². The van der Waals surface area contributed by atoms with Crippen LogP contribution in [0.5, 0.6) is 0 Å². The molecule has 1 heterocycles. The number of allylic oxidation sites excluding steroid dienone is 1. The summed E-state index contributed by atoms with van der Waals surface area (Å²) in [6.07, 6.45) is 2.54. The van der Waals surface area contributed by atoms with Gasteiger partial charge in [0.1, 0.15) is 0 Å². The first kappa shape index (κ1) is 18.0. The Morgan fingerprint density at radius 1 is 1.19 bits per heavy atom. The highest BCUT2D eigenvalue weighted by Gasteiger charge is 2.38. The molecule has 138 valence electrons. The molecule has 5 heteroatoms. The molecule has 2 aliphatic rings. The lowest BCUT2D eigenvalue weighted by Crippen LogP contribution is -2.37. The van der Waals surface area contributed by atoms with E-state index in [2.05, 4.69) is 21.2 Å². The van der Waals surface area contributed by atoms with Crippen LogP contribution in [-0.4, -0.2) is 11.7 Å². The average Bonchev–Trinajstić information content (AvgIpc) is 2.82. The lowest BCUT2D eigenvalue weighted by Gasteiger charge is -2.33. The minimum absolute atomic E-state index is 0.00125. The molecule has 0 spiro atoms. The molecule has 0 bridgehead atoms. The first-order chi connectivity index (χ1) is 13.1. The normalized spacial score (nSPS) is 19.1. The predicted octanol–water partition coefficient (Wildman–Crippen LogP) is 5.37. The monoisotopic (exact) mass is 424 g/mol. The number of hydrogen-bond donors (Lipinski definition) is 1. The van der Waals surface area contributed by atoms with Crippen LogP contribution in [0.3, 0.4) is 0 Å². The number of para-hydroxylation sites is 2. The van der Waals surface area contributed by atoms with Gasteiger partial charge in [-0.05, 0) is 42.7 Å². The van der Waals surface area contributed by atoms with Crippen molar-refractivity contribution in [3.05, 3.63) is 69.8 Å². The molecule has 2 aromatic rings. The molecule has 0 aromatic heterocycles. The summed E-state index contributed by atoms with van der Waals surface area (Å²) in [6.45, 7) is 1.86. The number of halogens is 1. The van der Waals surface area contributed by atoms with Crippen molar-refractivity contribution in [3.8, 4) is 0 Å². The van der Waals surface area contributed by atoms with Crippen LogP contribution in [0.25, 0.3) is 0 Å². The van der Waals surface area contributed by atoms with E-state index in [9.17, 15) is 9.59 Å². The number of ketones is 1. The fourth-order valence-electron chi connectivity index (χ4n) is 3.97. The molecule has 0 radical (unpaired) electrons. The van der Waals surface area contributed by atoms with Crippen LogP contribution in [-0.2, 0) is 9.59 Å². The van der Waals surface area contributed by atoms with E-state index in [1.165, 1.54) is 0 Å².